The number of rotatable bonds is 0. The fraction of sp³-hybridized carbons (Fsp3) is 0.778. The van der Waals surface area contributed by atoms with Crippen LogP contribution in [0.25, 0.3) is 0 Å². The zero-order valence-corrected chi connectivity index (χ0v) is 8.20. The van der Waals surface area contributed by atoms with Gasteiger partial charge in [0.25, 0.3) is 0 Å². The SMILES string of the molecule is [CH2-]C1[CH-]CCCCCC1.[Ru+2]. The maximum absolute atomic E-state index is 4.04. The molecule has 1 rings (SSSR count). The van der Waals surface area contributed by atoms with Gasteiger partial charge in [0.2, 0.25) is 0 Å². The smallest absolute Gasteiger partial charge is 0.369 e. The maximum atomic E-state index is 4.04. The summed E-state index contributed by atoms with van der Waals surface area (Å²) in [6.07, 6.45) is 10.6. The number of hydrogen-bond donors (Lipinski definition) is 0. The van der Waals surface area contributed by atoms with Gasteiger partial charge in [-0.2, -0.15) is 6.42 Å². The van der Waals surface area contributed by atoms with Crippen molar-refractivity contribution in [2.75, 3.05) is 0 Å². The summed E-state index contributed by atoms with van der Waals surface area (Å²) in [4.78, 5) is 0. The van der Waals surface area contributed by atoms with Crippen molar-refractivity contribution in [3.8, 4) is 0 Å². The Kier molecular flexibility index (Phi) is 6.74. The maximum Gasteiger partial charge on any atom is 2.00 e. The summed E-state index contributed by atoms with van der Waals surface area (Å²) in [5, 5.41) is 0. The zero-order valence-electron chi connectivity index (χ0n) is 6.46. The van der Waals surface area contributed by atoms with Crippen LogP contribution in [-0.4, -0.2) is 0 Å². The largest absolute Gasteiger partial charge is 2.00 e. The third kappa shape index (κ3) is 4.44. The Morgan fingerprint density at radius 1 is 1.10 bits per heavy atom. The molecule has 0 bridgehead atoms. The van der Waals surface area contributed by atoms with Gasteiger partial charge in [0.15, 0.2) is 0 Å². The second kappa shape index (κ2) is 6.34. The van der Waals surface area contributed by atoms with Crippen LogP contribution in [0.3, 0.4) is 0 Å². The minimum Gasteiger partial charge on any atom is -0.369 e. The molecule has 0 aromatic carbocycles. The molecule has 1 atom stereocenters. The van der Waals surface area contributed by atoms with E-state index in [9.17, 15) is 0 Å². The predicted molar refractivity (Wildman–Crippen MR) is 40.8 cm³/mol. The normalized spacial score (nSPS) is 27.9. The second-order valence-electron chi connectivity index (χ2n) is 2.99. The van der Waals surface area contributed by atoms with E-state index in [2.05, 4.69) is 13.3 Å². The molecule has 0 aromatic heterocycles. The van der Waals surface area contributed by atoms with Gasteiger partial charge in [-0.25, -0.2) is 0 Å². The molecule has 0 nitrogen and oxygen atoms in total. The van der Waals surface area contributed by atoms with Crippen molar-refractivity contribution in [2.24, 2.45) is 5.92 Å². The van der Waals surface area contributed by atoms with Crippen LogP contribution in [-0.2, 0) is 19.5 Å². The zero-order chi connectivity index (χ0) is 6.53. The van der Waals surface area contributed by atoms with Crippen molar-refractivity contribution in [2.45, 2.75) is 38.5 Å². The standard InChI is InChI=1S/C9H16.Ru/c1-9-7-5-3-2-4-6-8-9;/h7,9H,1-6,8H2;/q-2;+2. The molecule has 0 heterocycles. The monoisotopic (exact) mass is 226 g/mol. The minimum atomic E-state index is 0. The van der Waals surface area contributed by atoms with E-state index in [4.69, 9.17) is 0 Å². The first kappa shape index (κ1) is 10.6. The Morgan fingerprint density at radius 2 is 1.80 bits per heavy atom. The predicted octanol–water partition coefficient (Wildman–Crippen LogP) is 2.99. The minimum absolute atomic E-state index is 0. The molecule has 0 spiro atoms. The van der Waals surface area contributed by atoms with Gasteiger partial charge in [-0.15, -0.1) is 6.42 Å². The quantitative estimate of drug-likeness (QED) is 0.439. The average molecular weight is 225 g/mol. The Hall–Kier alpha value is 0.623. The van der Waals surface area contributed by atoms with E-state index in [-0.39, 0.29) is 19.5 Å². The van der Waals surface area contributed by atoms with Gasteiger partial charge < -0.3 is 19.3 Å². The molecule has 0 amide bonds. The van der Waals surface area contributed by atoms with E-state index >= 15 is 0 Å². The van der Waals surface area contributed by atoms with E-state index in [1.807, 2.05) is 0 Å². The Labute approximate surface area is 77.5 Å². The van der Waals surface area contributed by atoms with Gasteiger partial charge >= 0.3 is 19.5 Å². The van der Waals surface area contributed by atoms with Crippen molar-refractivity contribution in [3.63, 3.8) is 0 Å². The molecular weight excluding hydrogens is 209 g/mol. The first-order valence-corrected chi connectivity index (χ1v) is 4.06. The van der Waals surface area contributed by atoms with E-state index < -0.39 is 0 Å². The second-order valence-corrected chi connectivity index (χ2v) is 2.99. The molecule has 0 aromatic rings. The van der Waals surface area contributed by atoms with Gasteiger partial charge in [-0.1, -0.05) is 25.7 Å². The summed E-state index contributed by atoms with van der Waals surface area (Å²) in [6, 6.07) is 0. The van der Waals surface area contributed by atoms with Crippen LogP contribution in [0.5, 0.6) is 0 Å². The Bertz CT molecular complexity index is 63.1. The first-order chi connectivity index (χ1) is 4.39. The molecule has 1 saturated carbocycles. The molecule has 10 heavy (non-hydrogen) atoms. The summed E-state index contributed by atoms with van der Waals surface area (Å²) >= 11 is 0. The van der Waals surface area contributed by atoms with Crippen LogP contribution in [0.15, 0.2) is 0 Å². The number of hydrogen-bond acceptors (Lipinski definition) is 0. The van der Waals surface area contributed by atoms with Crippen molar-refractivity contribution in [3.05, 3.63) is 13.3 Å². The molecule has 1 fully saturated rings. The summed E-state index contributed by atoms with van der Waals surface area (Å²) in [5.74, 6) is 0.644. The molecule has 0 radical (unpaired) electrons. The first-order valence-electron chi connectivity index (χ1n) is 4.06. The topological polar surface area (TPSA) is 0 Å². The van der Waals surface area contributed by atoms with E-state index in [0.717, 1.165) is 0 Å². The van der Waals surface area contributed by atoms with E-state index in [0.29, 0.717) is 5.92 Å². The van der Waals surface area contributed by atoms with Crippen LogP contribution in [0.2, 0.25) is 0 Å². The Balaban J connectivity index is 0.000000810. The summed E-state index contributed by atoms with van der Waals surface area (Å²) in [5.41, 5.74) is 0. The molecule has 1 aliphatic carbocycles. The summed E-state index contributed by atoms with van der Waals surface area (Å²) in [6.45, 7) is 4.04. The van der Waals surface area contributed by atoms with Crippen molar-refractivity contribution in [1.29, 1.82) is 0 Å². The molecule has 1 aliphatic rings. The van der Waals surface area contributed by atoms with Crippen molar-refractivity contribution in [1.82, 2.24) is 0 Å². The van der Waals surface area contributed by atoms with Crippen LogP contribution < -0.4 is 0 Å². The van der Waals surface area contributed by atoms with Crippen LogP contribution in [0.1, 0.15) is 38.5 Å². The molecule has 1 unspecified atom stereocenters. The molecule has 0 N–H and O–H groups in total. The van der Waals surface area contributed by atoms with Crippen molar-refractivity contribution < 1.29 is 19.5 Å². The average Bonchev–Trinajstić information content (AvgIpc) is 1.79. The molecule has 1 heteroatoms. The summed E-state index contributed by atoms with van der Waals surface area (Å²) in [7, 11) is 0. The molecule has 60 valence electrons. The van der Waals surface area contributed by atoms with Crippen LogP contribution in [0.4, 0.5) is 0 Å². The van der Waals surface area contributed by atoms with Crippen LogP contribution in [0, 0.1) is 19.3 Å². The fourth-order valence-corrected chi connectivity index (χ4v) is 1.38. The van der Waals surface area contributed by atoms with Gasteiger partial charge in [-0.05, 0) is 0 Å². The van der Waals surface area contributed by atoms with Gasteiger partial charge in [0.1, 0.15) is 0 Å². The molecular formula is C9H16Ru. The van der Waals surface area contributed by atoms with Gasteiger partial charge in [0, 0.05) is 0 Å². The molecule has 0 saturated heterocycles. The van der Waals surface area contributed by atoms with Crippen LogP contribution >= 0.6 is 0 Å². The fourth-order valence-electron chi connectivity index (χ4n) is 1.38. The molecule has 0 aliphatic heterocycles. The Morgan fingerprint density at radius 3 is 2.60 bits per heavy atom. The van der Waals surface area contributed by atoms with E-state index in [1.165, 1.54) is 38.5 Å². The third-order valence-electron chi connectivity index (χ3n) is 2.03. The van der Waals surface area contributed by atoms with E-state index in [1.54, 1.807) is 0 Å². The van der Waals surface area contributed by atoms with Gasteiger partial charge in [-0.3, -0.25) is 0 Å². The van der Waals surface area contributed by atoms with Crippen molar-refractivity contribution >= 4 is 0 Å². The van der Waals surface area contributed by atoms with Gasteiger partial charge in [0.05, 0.1) is 0 Å². The summed E-state index contributed by atoms with van der Waals surface area (Å²) < 4.78 is 0. The third-order valence-corrected chi connectivity index (χ3v) is 2.03.